The zero-order valence-electron chi connectivity index (χ0n) is 24.6. The summed E-state index contributed by atoms with van der Waals surface area (Å²) in [6.07, 6.45) is 0. The van der Waals surface area contributed by atoms with E-state index in [-0.39, 0.29) is 10.9 Å². The third-order valence-corrected chi connectivity index (χ3v) is 8.70. The maximum absolute atomic E-state index is 14.2. The van der Waals surface area contributed by atoms with E-state index < -0.39 is 0 Å². The molecule has 0 amide bonds. The first-order valence-electron chi connectivity index (χ1n) is 14.9. The van der Waals surface area contributed by atoms with Crippen LogP contribution in [-0.2, 0) is 6.54 Å². The monoisotopic (exact) mass is 584 g/mol. The fraction of sp³-hybridized carbons (Fsp3) is 0.0500. The van der Waals surface area contributed by atoms with Gasteiger partial charge in [-0.25, -0.2) is 0 Å². The van der Waals surface area contributed by atoms with Gasteiger partial charge >= 0.3 is 0 Å². The normalized spacial score (nSPS) is 11.5. The molecule has 0 aliphatic rings. The van der Waals surface area contributed by atoms with Crippen LogP contribution in [0, 0.1) is 0 Å². The number of benzene rings is 6. The quantitative estimate of drug-likeness (QED) is 0.206. The van der Waals surface area contributed by atoms with Crippen LogP contribution >= 0.6 is 0 Å². The Balaban J connectivity index is 1.41. The molecule has 45 heavy (non-hydrogen) atoms. The van der Waals surface area contributed by atoms with Crippen molar-refractivity contribution in [2.45, 2.75) is 6.54 Å². The second kappa shape index (κ2) is 10.6. The van der Waals surface area contributed by atoms with Gasteiger partial charge in [-0.05, 0) is 76.3 Å². The molecule has 8 aromatic rings. The standard InChI is InChI=1S/C40H28N2O3/c1-45-30-16-12-25(13-17-30)24-42-37-19-15-29(27-10-6-3-7-11-27)21-33(37)40(44)34-22-36-32(23-38(34)42)39(43)31-20-28(14-18-35(31)41-36)26-8-4-2-5-9-26/h2-23H,24H2,1H3,(H,41,43). The number of hydrogen-bond donors (Lipinski definition) is 1. The van der Waals surface area contributed by atoms with Gasteiger partial charge in [0.2, 0.25) is 0 Å². The molecule has 2 aromatic heterocycles. The van der Waals surface area contributed by atoms with Crippen LogP contribution in [0.1, 0.15) is 5.56 Å². The summed E-state index contributed by atoms with van der Waals surface area (Å²) in [5.74, 6) is 0.778. The molecule has 0 atom stereocenters. The Morgan fingerprint density at radius 2 is 1.11 bits per heavy atom. The number of aromatic amines is 1. The third-order valence-electron chi connectivity index (χ3n) is 8.70. The zero-order chi connectivity index (χ0) is 30.5. The molecule has 5 heteroatoms. The van der Waals surface area contributed by atoms with E-state index in [0.29, 0.717) is 39.1 Å². The molecule has 0 radical (unpaired) electrons. The number of nitrogens with one attached hydrogen (secondary N) is 1. The zero-order valence-corrected chi connectivity index (χ0v) is 24.6. The number of pyridine rings is 2. The first kappa shape index (κ1) is 26.7. The van der Waals surface area contributed by atoms with Crippen LogP contribution in [0.25, 0.3) is 65.9 Å². The number of aromatic nitrogens is 2. The molecule has 0 saturated heterocycles. The molecule has 0 aliphatic carbocycles. The highest BCUT2D eigenvalue weighted by Crippen LogP contribution is 2.30. The molecule has 0 bridgehead atoms. The number of fused-ring (bicyclic) bond motifs is 4. The van der Waals surface area contributed by atoms with Crippen molar-refractivity contribution in [2.24, 2.45) is 0 Å². The van der Waals surface area contributed by atoms with Crippen molar-refractivity contribution in [1.82, 2.24) is 9.55 Å². The summed E-state index contributed by atoms with van der Waals surface area (Å²) in [6.45, 7) is 0.511. The lowest BCUT2D eigenvalue weighted by Crippen LogP contribution is -2.14. The fourth-order valence-electron chi connectivity index (χ4n) is 6.35. The van der Waals surface area contributed by atoms with Gasteiger partial charge in [0, 0.05) is 33.6 Å². The molecular formula is C40H28N2O3. The average molecular weight is 585 g/mol. The predicted molar refractivity (Wildman–Crippen MR) is 184 cm³/mol. The van der Waals surface area contributed by atoms with E-state index >= 15 is 0 Å². The number of hydrogen-bond acceptors (Lipinski definition) is 3. The van der Waals surface area contributed by atoms with Gasteiger partial charge in [-0.3, -0.25) is 9.59 Å². The summed E-state index contributed by atoms with van der Waals surface area (Å²) in [5.41, 5.74) is 7.86. The van der Waals surface area contributed by atoms with E-state index in [1.807, 2.05) is 127 Å². The maximum atomic E-state index is 14.2. The Kier molecular flexibility index (Phi) is 6.31. The smallest absolute Gasteiger partial charge is 0.197 e. The van der Waals surface area contributed by atoms with Crippen LogP contribution < -0.4 is 15.6 Å². The summed E-state index contributed by atoms with van der Waals surface area (Å²) in [5, 5.41) is 2.35. The number of rotatable bonds is 5. The van der Waals surface area contributed by atoms with Crippen molar-refractivity contribution < 1.29 is 4.74 Å². The number of ether oxygens (including phenoxy) is 1. The molecule has 2 heterocycles. The first-order valence-corrected chi connectivity index (χ1v) is 14.9. The highest BCUT2D eigenvalue weighted by atomic mass is 16.5. The second-order valence-electron chi connectivity index (χ2n) is 11.4. The minimum atomic E-state index is -0.0681. The molecule has 0 spiro atoms. The predicted octanol–water partition coefficient (Wildman–Crippen LogP) is 8.54. The third kappa shape index (κ3) is 4.57. The van der Waals surface area contributed by atoms with Crippen LogP contribution in [-0.4, -0.2) is 16.7 Å². The van der Waals surface area contributed by atoms with Crippen LogP contribution in [0.15, 0.2) is 143 Å². The van der Waals surface area contributed by atoms with Gasteiger partial charge in [0.15, 0.2) is 10.9 Å². The van der Waals surface area contributed by atoms with Crippen molar-refractivity contribution in [3.63, 3.8) is 0 Å². The maximum Gasteiger partial charge on any atom is 0.197 e. The number of nitrogens with zero attached hydrogens (tertiary/aromatic N) is 1. The van der Waals surface area contributed by atoms with Gasteiger partial charge in [-0.2, -0.15) is 0 Å². The van der Waals surface area contributed by atoms with E-state index in [1.54, 1.807) is 7.11 Å². The van der Waals surface area contributed by atoms with Gasteiger partial charge < -0.3 is 14.3 Å². The second-order valence-corrected chi connectivity index (χ2v) is 11.4. The van der Waals surface area contributed by atoms with Crippen molar-refractivity contribution in [3.05, 3.63) is 159 Å². The molecule has 1 N–H and O–H groups in total. The Hall–Kier alpha value is -5.94. The summed E-state index contributed by atoms with van der Waals surface area (Å²) in [6, 6.07) is 43.7. The largest absolute Gasteiger partial charge is 0.497 e. The summed E-state index contributed by atoms with van der Waals surface area (Å²) in [7, 11) is 1.65. The van der Waals surface area contributed by atoms with E-state index in [2.05, 4.69) is 15.6 Å². The molecule has 8 rings (SSSR count). The molecule has 0 unspecified atom stereocenters. The number of methoxy groups -OCH3 is 1. The minimum Gasteiger partial charge on any atom is -0.497 e. The van der Waals surface area contributed by atoms with Crippen molar-refractivity contribution in [3.8, 4) is 28.0 Å². The Morgan fingerprint density at radius 1 is 0.533 bits per heavy atom. The SMILES string of the molecule is COc1ccc(Cn2c3ccc(-c4ccccc4)cc3c(=O)c3cc4[nH]c5ccc(-c6ccccc6)cc5c(=O)c4cc32)cc1. The van der Waals surface area contributed by atoms with E-state index in [1.165, 1.54) is 0 Å². The Labute approximate surface area is 258 Å². The first-order chi connectivity index (χ1) is 22.1. The van der Waals surface area contributed by atoms with Crippen LogP contribution in [0.4, 0.5) is 0 Å². The van der Waals surface area contributed by atoms with Crippen molar-refractivity contribution >= 4 is 43.6 Å². The van der Waals surface area contributed by atoms with Gasteiger partial charge in [0.25, 0.3) is 0 Å². The summed E-state index contributed by atoms with van der Waals surface area (Å²) in [4.78, 5) is 31.8. The summed E-state index contributed by atoms with van der Waals surface area (Å²) >= 11 is 0. The van der Waals surface area contributed by atoms with Crippen molar-refractivity contribution in [2.75, 3.05) is 7.11 Å². The van der Waals surface area contributed by atoms with E-state index in [9.17, 15) is 9.59 Å². The Bertz CT molecular complexity index is 2510. The highest BCUT2D eigenvalue weighted by molar-refractivity contribution is 6.04. The van der Waals surface area contributed by atoms with Gasteiger partial charge in [0.05, 0.1) is 23.7 Å². The number of H-pyrrole nitrogens is 1. The molecule has 0 fully saturated rings. The Morgan fingerprint density at radius 3 is 1.78 bits per heavy atom. The van der Waals surface area contributed by atoms with Gasteiger partial charge in [0.1, 0.15) is 5.75 Å². The van der Waals surface area contributed by atoms with Crippen LogP contribution in [0.5, 0.6) is 5.75 Å². The molecule has 6 aromatic carbocycles. The van der Waals surface area contributed by atoms with E-state index in [0.717, 1.165) is 44.6 Å². The minimum absolute atomic E-state index is 0.0639. The molecule has 216 valence electrons. The van der Waals surface area contributed by atoms with Gasteiger partial charge in [-0.15, -0.1) is 0 Å². The average Bonchev–Trinajstić information content (AvgIpc) is 3.10. The fourth-order valence-corrected chi connectivity index (χ4v) is 6.35. The van der Waals surface area contributed by atoms with Gasteiger partial charge in [-0.1, -0.05) is 84.9 Å². The van der Waals surface area contributed by atoms with Crippen LogP contribution in [0.2, 0.25) is 0 Å². The lowest BCUT2D eigenvalue weighted by atomic mass is 9.99. The molecule has 5 nitrogen and oxygen atoms in total. The topological polar surface area (TPSA) is 64.1 Å². The highest BCUT2D eigenvalue weighted by Gasteiger charge is 2.16. The molecule has 0 saturated carbocycles. The molecular weight excluding hydrogens is 556 g/mol. The molecule has 0 aliphatic heterocycles. The lowest BCUT2D eigenvalue weighted by Gasteiger charge is -2.17. The van der Waals surface area contributed by atoms with E-state index in [4.69, 9.17) is 4.74 Å². The summed E-state index contributed by atoms with van der Waals surface area (Å²) < 4.78 is 7.52. The van der Waals surface area contributed by atoms with Crippen molar-refractivity contribution in [1.29, 1.82) is 0 Å². The lowest BCUT2D eigenvalue weighted by molar-refractivity contribution is 0.414. The van der Waals surface area contributed by atoms with Crippen LogP contribution in [0.3, 0.4) is 0 Å².